The number of carboxylic acids is 1. The molecule has 9 heteroatoms. The molecule has 0 spiro atoms. The maximum Gasteiger partial charge on any atom is 0.355 e. The largest absolute Gasteiger partial charge is 0.476 e. The Labute approximate surface area is 185 Å². The van der Waals surface area contributed by atoms with Gasteiger partial charge in [0.15, 0.2) is 10.0 Å². The SMILES string of the molecule is COCCCC1([C@H](O)/C=C/[C@@H]2CNC(=O)[C@H]2CCSc2nc(C(=O)O)cs2)CCC1. The summed E-state index contributed by atoms with van der Waals surface area (Å²) in [6.07, 6.45) is 9.25. The summed E-state index contributed by atoms with van der Waals surface area (Å²) in [6, 6.07) is 0. The van der Waals surface area contributed by atoms with Crippen LogP contribution in [0.5, 0.6) is 0 Å². The summed E-state index contributed by atoms with van der Waals surface area (Å²) in [5, 5.41) is 24.2. The number of aliphatic hydroxyl groups is 1. The zero-order valence-electron chi connectivity index (χ0n) is 17.2. The normalized spacial score (nSPS) is 24.0. The molecule has 1 saturated carbocycles. The molecule has 2 heterocycles. The standard InChI is InChI=1S/C21H30N2O5S2/c1-28-10-3-9-21(7-2-8-21)17(24)5-4-14-12-22-18(25)15(14)6-11-29-20-23-16(13-30-20)19(26)27/h4-5,13-15,17,24H,2-3,6-12H2,1H3,(H,22,25)(H,26,27)/b5-4+/t14-,15+,17-/m1/s1. The van der Waals surface area contributed by atoms with E-state index in [1.165, 1.54) is 28.5 Å². The number of aromatic nitrogens is 1. The molecule has 3 N–H and O–H groups in total. The first kappa shape index (κ1) is 23.2. The van der Waals surface area contributed by atoms with Gasteiger partial charge in [-0.05, 0) is 37.5 Å². The van der Waals surface area contributed by atoms with Crippen LogP contribution in [0.2, 0.25) is 0 Å². The molecule has 1 aromatic rings. The number of carbonyl (C=O) groups excluding carboxylic acids is 1. The number of aromatic carboxylic acids is 1. The second-order valence-electron chi connectivity index (χ2n) is 8.10. The Balaban J connectivity index is 1.51. The van der Waals surface area contributed by atoms with Crippen LogP contribution in [0.1, 0.15) is 49.0 Å². The lowest BCUT2D eigenvalue weighted by Gasteiger charge is -2.45. The van der Waals surface area contributed by atoms with Crippen LogP contribution in [0, 0.1) is 17.3 Å². The highest BCUT2D eigenvalue weighted by molar-refractivity contribution is 8.01. The van der Waals surface area contributed by atoms with E-state index in [-0.39, 0.29) is 28.9 Å². The first-order valence-electron chi connectivity index (χ1n) is 10.4. The van der Waals surface area contributed by atoms with Gasteiger partial charge in [0.25, 0.3) is 0 Å². The molecule has 0 radical (unpaired) electrons. The molecule has 3 atom stereocenters. The number of carbonyl (C=O) groups is 2. The van der Waals surface area contributed by atoms with Gasteiger partial charge >= 0.3 is 5.97 Å². The molecule has 0 aromatic carbocycles. The quantitative estimate of drug-likeness (QED) is 0.253. The van der Waals surface area contributed by atoms with E-state index in [0.29, 0.717) is 29.7 Å². The number of hydrogen-bond acceptors (Lipinski definition) is 7. The minimum absolute atomic E-state index is 0.0386. The highest BCUT2D eigenvalue weighted by Crippen LogP contribution is 2.48. The van der Waals surface area contributed by atoms with Crippen LogP contribution >= 0.6 is 23.1 Å². The van der Waals surface area contributed by atoms with Crippen molar-refractivity contribution in [3.05, 3.63) is 23.2 Å². The fraction of sp³-hybridized carbons (Fsp3) is 0.667. The van der Waals surface area contributed by atoms with Crippen molar-refractivity contribution in [3.8, 4) is 0 Å². The number of methoxy groups -OCH3 is 1. The van der Waals surface area contributed by atoms with E-state index >= 15 is 0 Å². The van der Waals surface area contributed by atoms with Gasteiger partial charge in [0.05, 0.1) is 6.10 Å². The van der Waals surface area contributed by atoms with Crippen LogP contribution in [0.25, 0.3) is 0 Å². The third kappa shape index (κ3) is 5.63. The first-order valence-corrected chi connectivity index (χ1v) is 12.3. The zero-order valence-corrected chi connectivity index (χ0v) is 18.8. The minimum atomic E-state index is -1.02. The van der Waals surface area contributed by atoms with E-state index < -0.39 is 12.1 Å². The number of hydrogen-bond donors (Lipinski definition) is 3. The van der Waals surface area contributed by atoms with Crippen molar-refractivity contribution in [2.24, 2.45) is 17.3 Å². The molecule has 1 amide bonds. The van der Waals surface area contributed by atoms with Gasteiger partial charge in [0, 0.05) is 43.2 Å². The Bertz CT molecular complexity index is 762. The monoisotopic (exact) mass is 454 g/mol. The number of ether oxygens (including phenoxy) is 1. The Morgan fingerprint density at radius 3 is 2.97 bits per heavy atom. The number of thiazole rings is 1. The molecule has 2 aliphatic rings. The lowest BCUT2D eigenvalue weighted by Crippen LogP contribution is -2.40. The highest BCUT2D eigenvalue weighted by Gasteiger charge is 2.42. The third-order valence-corrected chi connectivity index (χ3v) is 8.32. The topological polar surface area (TPSA) is 109 Å². The van der Waals surface area contributed by atoms with Gasteiger partial charge < -0.3 is 20.3 Å². The van der Waals surface area contributed by atoms with Crippen molar-refractivity contribution in [3.63, 3.8) is 0 Å². The number of amides is 1. The summed E-state index contributed by atoms with van der Waals surface area (Å²) < 4.78 is 5.86. The van der Waals surface area contributed by atoms with Gasteiger partial charge in [-0.1, -0.05) is 30.3 Å². The maximum absolute atomic E-state index is 12.3. The summed E-state index contributed by atoms with van der Waals surface area (Å²) in [4.78, 5) is 27.3. The molecular weight excluding hydrogens is 424 g/mol. The summed E-state index contributed by atoms with van der Waals surface area (Å²) in [5.41, 5.74) is 0.0228. The smallest absolute Gasteiger partial charge is 0.355 e. The van der Waals surface area contributed by atoms with Crippen molar-refractivity contribution in [1.82, 2.24) is 10.3 Å². The number of carboxylic acid groups (broad SMARTS) is 1. The Kier molecular flexibility index (Phi) is 8.33. The molecule has 166 valence electrons. The minimum Gasteiger partial charge on any atom is -0.476 e. The van der Waals surface area contributed by atoms with E-state index in [4.69, 9.17) is 9.84 Å². The second kappa shape index (κ2) is 10.7. The van der Waals surface area contributed by atoms with Crippen molar-refractivity contribution in [1.29, 1.82) is 0 Å². The van der Waals surface area contributed by atoms with Crippen LogP contribution in [0.4, 0.5) is 0 Å². The predicted octanol–water partition coefficient (Wildman–Crippen LogP) is 3.20. The Morgan fingerprint density at radius 2 is 2.33 bits per heavy atom. The summed E-state index contributed by atoms with van der Waals surface area (Å²) in [7, 11) is 1.70. The molecule has 3 rings (SSSR count). The van der Waals surface area contributed by atoms with Gasteiger partial charge in [0.1, 0.15) is 0 Å². The van der Waals surface area contributed by atoms with Crippen molar-refractivity contribution < 1.29 is 24.5 Å². The molecule has 0 bridgehead atoms. The molecule has 1 aliphatic heterocycles. The summed E-state index contributed by atoms with van der Waals surface area (Å²) in [5.74, 6) is -0.356. The molecule has 1 aromatic heterocycles. The average molecular weight is 455 g/mol. The molecule has 2 fully saturated rings. The van der Waals surface area contributed by atoms with Crippen molar-refractivity contribution >= 4 is 35.0 Å². The first-order chi connectivity index (χ1) is 14.4. The van der Waals surface area contributed by atoms with Crippen LogP contribution in [0.15, 0.2) is 21.9 Å². The lowest BCUT2D eigenvalue weighted by atomic mass is 9.62. The molecule has 1 aliphatic carbocycles. The van der Waals surface area contributed by atoms with Crippen molar-refractivity contribution in [2.45, 2.75) is 49.0 Å². The zero-order chi connectivity index (χ0) is 21.6. The van der Waals surface area contributed by atoms with Crippen LogP contribution in [-0.4, -0.2) is 59.2 Å². The Hall–Kier alpha value is -1.42. The van der Waals surface area contributed by atoms with E-state index in [2.05, 4.69) is 10.3 Å². The fourth-order valence-corrected chi connectivity index (χ4v) is 6.17. The van der Waals surface area contributed by atoms with Crippen LogP contribution in [-0.2, 0) is 9.53 Å². The Morgan fingerprint density at radius 1 is 1.53 bits per heavy atom. The number of aliphatic hydroxyl groups excluding tert-OH is 1. The maximum atomic E-state index is 12.3. The van der Waals surface area contributed by atoms with Crippen LogP contribution < -0.4 is 5.32 Å². The predicted molar refractivity (Wildman–Crippen MR) is 117 cm³/mol. The van der Waals surface area contributed by atoms with Crippen LogP contribution in [0.3, 0.4) is 0 Å². The second-order valence-corrected chi connectivity index (χ2v) is 10.3. The summed E-state index contributed by atoms with van der Waals surface area (Å²) >= 11 is 2.79. The van der Waals surface area contributed by atoms with E-state index in [9.17, 15) is 14.7 Å². The molecular formula is C21H30N2O5S2. The summed E-state index contributed by atoms with van der Waals surface area (Å²) in [6.45, 7) is 1.31. The number of thioether (sulfide) groups is 1. The van der Waals surface area contributed by atoms with Gasteiger partial charge in [-0.15, -0.1) is 11.3 Å². The number of nitrogens with one attached hydrogen (secondary N) is 1. The fourth-order valence-electron chi connectivity index (χ4n) is 4.27. The molecule has 1 saturated heterocycles. The lowest BCUT2D eigenvalue weighted by molar-refractivity contribution is -0.122. The van der Waals surface area contributed by atoms with Gasteiger partial charge in [-0.3, -0.25) is 4.79 Å². The van der Waals surface area contributed by atoms with E-state index in [1.54, 1.807) is 7.11 Å². The van der Waals surface area contributed by atoms with Gasteiger partial charge in [0.2, 0.25) is 5.91 Å². The van der Waals surface area contributed by atoms with Gasteiger partial charge in [-0.2, -0.15) is 0 Å². The molecule has 7 nitrogen and oxygen atoms in total. The number of rotatable bonds is 12. The van der Waals surface area contributed by atoms with Crippen molar-refractivity contribution in [2.75, 3.05) is 26.0 Å². The highest BCUT2D eigenvalue weighted by atomic mass is 32.2. The van der Waals surface area contributed by atoms with E-state index in [1.807, 2.05) is 12.2 Å². The van der Waals surface area contributed by atoms with E-state index in [0.717, 1.165) is 32.1 Å². The average Bonchev–Trinajstić information content (AvgIpc) is 3.30. The molecule has 30 heavy (non-hydrogen) atoms. The van der Waals surface area contributed by atoms with Gasteiger partial charge in [-0.25, -0.2) is 9.78 Å². The third-order valence-electron chi connectivity index (χ3n) is 6.26. The number of nitrogens with zero attached hydrogens (tertiary/aromatic N) is 1. The molecule has 0 unspecified atom stereocenters.